The van der Waals surface area contributed by atoms with Crippen LogP contribution in [-0.2, 0) is 0 Å². The van der Waals surface area contributed by atoms with Crippen molar-refractivity contribution in [3.8, 4) is 0 Å². The summed E-state index contributed by atoms with van der Waals surface area (Å²) in [5.41, 5.74) is 7.47. The van der Waals surface area contributed by atoms with Crippen LogP contribution in [0.2, 0.25) is 0 Å². The Hall–Kier alpha value is -5.22. The van der Waals surface area contributed by atoms with Gasteiger partial charge < -0.3 is 0 Å². The van der Waals surface area contributed by atoms with Crippen molar-refractivity contribution in [3.05, 3.63) is 144 Å². The molecule has 0 fully saturated rings. The standard InChI is InChI=1S/C34H24N4/c1-3-13-33-27(9-1)17-21-29(35-33)19-15-25-7-5-11-31(23-25)37-38-32-12-6-8-26(24-32)16-20-30-22-18-28-10-2-4-14-34(28)36-30/h1-24H/b19-15+,20-16+,38-37?. The molecule has 0 bridgehead atoms. The topological polar surface area (TPSA) is 50.5 Å². The zero-order chi connectivity index (χ0) is 25.6. The number of nitrogens with zero attached hydrogens (tertiary/aromatic N) is 4. The molecule has 0 spiro atoms. The van der Waals surface area contributed by atoms with E-state index in [1.807, 2.05) is 121 Å². The SMILES string of the molecule is C(=C\c1ccc2ccccc2n1)/c1cccc(N=Nc2cccc(/C=C/c3ccc4ccccc4n3)c2)c1. The largest absolute Gasteiger partial charge is 0.248 e. The van der Waals surface area contributed by atoms with Gasteiger partial charge in [0, 0.05) is 10.8 Å². The first-order valence-corrected chi connectivity index (χ1v) is 12.5. The maximum absolute atomic E-state index is 4.71. The van der Waals surface area contributed by atoms with Crippen LogP contribution in [0, 0.1) is 0 Å². The Morgan fingerprint density at radius 2 is 0.895 bits per heavy atom. The van der Waals surface area contributed by atoms with Crippen LogP contribution in [0.15, 0.2) is 132 Å². The van der Waals surface area contributed by atoms with Crippen LogP contribution < -0.4 is 0 Å². The Morgan fingerprint density at radius 3 is 1.39 bits per heavy atom. The summed E-state index contributed by atoms with van der Waals surface area (Å²) in [6, 6.07) is 40.5. The lowest BCUT2D eigenvalue weighted by atomic mass is 10.1. The van der Waals surface area contributed by atoms with E-state index < -0.39 is 0 Å². The number of fused-ring (bicyclic) bond motifs is 2. The molecule has 0 amide bonds. The molecule has 6 rings (SSSR count). The Labute approximate surface area is 221 Å². The molecule has 4 heteroatoms. The molecule has 2 aromatic heterocycles. The Kier molecular flexibility index (Phi) is 6.60. The molecule has 4 nitrogen and oxygen atoms in total. The van der Waals surface area contributed by atoms with Crippen LogP contribution in [-0.4, -0.2) is 9.97 Å². The summed E-state index contributed by atoms with van der Waals surface area (Å²) in [5, 5.41) is 11.2. The number of pyridine rings is 2. The van der Waals surface area contributed by atoms with E-state index in [0.29, 0.717) is 0 Å². The Bertz CT molecular complexity index is 1700. The number of hydrogen-bond donors (Lipinski definition) is 0. The summed E-state index contributed by atoms with van der Waals surface area (Å²) in [5.74, 6) is 0. The van der Waals surface area contributed by atoms with Gasteiger partial charge in [0.2, 0.25) is 0 Å². The van der Waals surface area contributed by atoms with Crippen LogP contribution in [0.1, 0.15) is 22.5 Å². The Balaban J connectivity index is 1.15. The van der Waals surface area contributed by atoms with Gasteiger partial charge in [-0.3, -0.25) is 0 Å². The molecule has 0 aliphatic rings. The van der Waals surface area contributed by atoms with Crippen LogP contribution >= 0.6 is 0 Å². The smallest absolute Gasteiger partial charge is 0.0863 e. The zero-order valence-electron chi connectivity index (χ0n) is 20.6. The highest BCUT2D eigenvalue weighted by atomic mass is 15.1. The van der Waals surface area contributed by atoms with Gasteiger partial charge in [0.05, 0.1) is 33.8 Å². The molecule has 2 heterocycles. The van der Waals surface area contributed by atoms with Gasteiger partial charge in [-0.25, -0.2) is 9.97 Å². The summed E-state index contributed by atoms with van der Waals surface area (Å²) >= 11 is 0. The third-order valence-corrected chi connectivity index (χ3v) is 6.15. The molecule has 0 saturated carbocycles. The third-order valence-electron chi connectivity index (χ3n) is 6.15. The van der Waals surface area contributed by atoms with Crippen molar-refractivity contribution in [2.75, 3.05) is 0 Å². The maximum Gasteiger partial charge on any atom is 0.0863 e. The minimum absolute atomic E-state index is 0.792. The number of hydrogen-bond acceptors (Lipinski definition) is 4. The second kappa shape index (κ2) is 10.8. The van der Waals surface area contributed by atoms with Gasteiger partial charge in [-0.05, 0) is 71.8 Å². The summed E-state index contributed by atoms with van der Waals surface area (Å²) in [7, 11) is 0. The summed E-state index contributed by atoms with van der Waals surface area (Å²) < 4.78 is 0. The van der Waals surface area contributed by atoms with Crippen molar-refractivity contribution in [2.45, 2.75) is 0 Å². The molecular weight excluding hydrogens is 464 g/mol. The quantitative estimate of drug-likeness (QED) is 0.219. The molecule has 38 heavy (non-hydrogen) atoms. The predicted molar refractivity (Wildman–Crippen MR) is 158 cm³/mol. The number of benzene rings is 4. The molecular formula is C34H24N4. The molecule has 0 N–H and O–H groups in total. The summed E-state index contributed by atoms with van der Waals surface area (Å²) in [6.45, 7) is 0. The van der Waals surface area contributed by atoms with Crippen molar-refractivity contribution in [1.29, 1.82) is 0 Å². The van der Waals surface area contributed by atoms with E-state index in [1.165, 1.54) is 0 Å². The lowest BCUT2D eigenvalue weighted by molar-refractivity contribution is 1.23. The van der Waals surface area contributed by atoms with Crippen LogP contribution in [0.5, 0.6) is 0 Å². The fraction of sp³-hybridized carbons (Fsp3) is 0. The molecule has 0 atom stereocenters. The minimum Gasteiger partial charge on any atom is -0.248 e. The number of para-hydroxylation sites is 2. The summed E-state index contributed by atoms with van der Waals surface area (Å²) in [4.78, 5) is 9.41. The average Bonchev–Trinajstić information content (AvgIpc) is 2.98. The fourth-order valence-corrected chi connectivity index (χ4v) is 4.21. The molecule has 0 saturated heterocycles. The van der Waals surface area contributed by atoms with Crippen LogP contribution in [0.25, 0.3) is 46.1 Å². The van der Waals surface area contributed by atoms with Gasteiger partial charge in [-0.15, -0.1) is 0 Å². The van der Waals surface area contributed by atoms with Crippen molar-refractivity contribution < 1.29 is 0 Å². The second-order valence-electron chi connectivity index (χ2n) is 8.91. The molecule has 4 aromatic carbocycles. The molecule has 0 aliphatic heterocycles. The van der Waals surface area contributed by atoms with E-state index in [2.05, 4.69) is 34.5 Å². The molecule has 180 valence electrons. The van der Waals surface area contributed by atoms with E-state index in [-0.39, 0.29) is 0 Å². The lowest BCUT2D eigenvalue weighted by Gasteiger charge is -2.00. The fourth-order valence-electron chi connectivity index (χ4n) is 4.21. The highest BCUT2D eigenvalue weighted by Crippen LogP contribution is 2.22. The third kappa shape index (κ3) is 5.61. The first kappa shape index (κ1) is 23.2. The van der Waals surface area contributed by atoms with Gasteiger partial charge in [0.15, 0.2) is 0 Å². The van der Waals surface area contributed by atoms with E-state index in [0.717, 1.165) is 55.7 Å². The summed E-state index contributed by atoms with van der Waals surface area (Å²) in [6.07, 6.45) is 8.12. The van der Waals surface area contributed by atoms with Gasteiger partial charge >= 0.3 is 0 Å². The van der Waals surface area contributed by atoms with Gasteiger partial charge in [-0.1, -0.05) is 84.9 Å². The van der Waals surface area contributed by atoms with Crippen molar-refractivity contribution >= 4 is 57.5 Å². The monoisotopic (exact) mass is 488 g/mol. The first-order valence-electron chi connectivity index (χ1n) is 12.5. The maximum atomic E-state index is 4.71. The van der Waals surface area contributed by atoms with E-state index in [9.17, 15) is 0 Å². The Morgan fingerprint density at radius 1 is 0.421 bits per heavy atom. The van der Waals surface area contributed by atoms with Gasteiger partial charge in [0.25, 0.3) is 0 Å². The molecule has 0 aliphatic carbocycles. The highest BCUT2D eigenvalue weighted by molar-refractivity contribution is 5.82. The van der Waals surface area contributed by atoms with E-state index >= 15 is 0 Å². The van der Waals surface area contributed by atoms with E-state index in [4.69, 9.17) is 9.97 Å². The van der Waals surface area contributed by atoms with Crippen molar-refractivity contribution in [3.63, 3.8) is 0 Å². The zero-order valence-corrected chi connectivity index (χ0v) is 20.6. The van der Waals surface area contributed by atoms with Gasteiger partial charge in [0.1, 0.15) is 0 Å². The predicted octanol–water partition coefficient (Wildman–Crippen LogP) is 9.54. The minimum atomic E-state index is 0.792. The van der Waals surface area contributed by atoms with Crippen molar-refractivity contribution in [2.24, 2.45) is 10.2 Å². The van der Waals surface area contributed by atoms with Gasteiger partial charge in [-0.2, -0.15) is 10.2 Å². The highest BCUT2D eigenvalue weighted by Gasteiger charge is 1.98. The van der Waals surface area contributed by atoms with Crippen LogP contribution in [0.3, 0.4) is 0 Å². The molecule has 0 unspecified atom stereocenters. The first-order chi connectivity index (χ1) is 18.8. The van der Waals surface area contributed by atoms with Crippen LogP contribution in [0.4, 0.5) is 11.4 Å². The number of azo groups is 1. The number of aromatic nitrogens is 2. The average molecular weight is 489 g/mol. The van der Waals surface area contributed by atoms with E-state index in [1.54, 1.807) is 0 Å². The lowest BCUT2D eigenvalue weighted by Crippen LogP contribution is -1.82. The number of rotatable bonds is 6. The second-order valence-corrected chi connectivity index (χ2v) is 8.91. The van der Waals surface area contributed by atoms with Crippen molar-refractivity contribution in [1.82, 2.24) is 9.97 Å². The molecule has 0 radical (unpaired) electrons. The normalized spacial score (nSPS) is 11.9. The molecule has 6 aromatic rings.